The molecule has 0 atom stereocenters. The number of rotatable bonds is 3. The zero-order valence-electron chi connectivity index (χ0n) is 8.40. The van der Waals surface area contributed by atoms with Crippen LogP contribution in [0.4, 0.5) is 5.69 Å². The minimum Gasteiger partial charge on any atom is -0.398 e. The van der Waals surface area contributed by atoms with E-state index in [0.717, 1.165) is 11.8 Å². The van der Waals surface area contributed by atoms with Gasteiger partial charge in [0.2, 0.25) is 0 Å². The van der Waals surface area contributed by atoms with E-state index in [4.69, 9.17) is 5.73 Å². The van der Waals surface area contributed by atoms with E-state index in [1.165, 1.54) is 0 Å². The number of nitrogens with two attached hydrogens (primary N) is 1. The van der Waals surface area contributed by atoms with Gasteiger partial charge < -0.3 is 10.6 Å². The molecule has 0 bridgehead atoms. The molecule has 2 N–H and O–H groups in total. The molecule has 0 amide bonds. The van der Waals surface area contributed by atoms with Crippen LogP contribution in [0, 0.1) is 0 Å². The normalized spacial score (nSPS) is 10.4. The number of aldehydes is 1. The van der Waals surface area contributed by atoms with Crippen LogP contribution >= 0.6 is 0 Å². The van der Waals surface area contributed by atoms with Gasteiger partial charge in [0.15, 0.2) is 6.29 Å². The minimum atomic E-state index is 0.614. The molecule has 1 aromatic rings. The SMILES string of the molecule is CN(C)/C=C/c1c(N)cccc1C=O. The van der Waals surface area contributed by atoms with Crippen LogP contribution in [-0.4, -0.2) is 25.3 Å². The van der Waals surface area contributed by atoms with Crippen LogP contribution in [-0.2, 0) is 0 Å². The van der Waals surface area contributed by atoms with Crippen molar-refractivity contribution in [2.24, 2.45) is 0 Å². The van der Waals surface area contributed by atoms with Gasteiger partial charge in [-0.1, -0.05) is 12.1 Å². The van der Waals surface area contributed by atoms with Gasteiger partial charge in [-0.05, 0) is 18.3 Å². The maximum Gasteiger partial charge on any atom is 0.150 e. The molecule has 14 heavy (non-hydrogen) atoms. The molecule has 0 spiro atoms. The van der Waals surface area contributed by atoms with Gasteiger partial charge in [-0.15, -0.1) is 0 Å². The molecule has 0 heterocycles. The van der Waals surface area contributed by atoms with Gasteiger partial charge in [-0.25, -0.2) is 0 Å². The maximum atomic E-state index is 10.7. The average molecular weight is 190 g/mol. The quantitative estimate of drug-likeness (QED) is 0.582. The van der Waals surface area contributed by atoms with E-state index >= 15 is 0 Å². The third kappa shape index (κ3) is 2.36. The summed E-state index contributed by atoms with van der Waals surface area (Å²) in [5.74, 6) is 0. The molecule has 0 aliphatic rings. The summed E-state index contributed by atoms with van der Waals surface area (Å²) in [6, 6.07) is 5.30. The molecule has 0 unspecified atom stereocenters. The molecule has 74 valence electrons. The number of anilines is 1. The number of hydrogen-bond donors (Lipinski definition) is 1. The highest BCUT2D eigenvalue weighted by atomic mass is 16.1. The summed E-state index contributed by atoms with van der Waals surface area (Å²) in [5, 5.41) is 0. The van der Waals surface area contributed by atoms with Gasteiger partial charge in [0, 0.05) is 30.9 Å². The fraction of sp³-hybridized carbons (Fsp3) is 0.182. The van der Waals surface area contributed by atoms with Crippen molar-refractivity contribution >= 4 is 18.0 Å². The van der Waals surface area contributed by atoms with Crippen molar-refractivity contribution in [3.8, 4) is 0 Å². The van der Waals surface area contributed by atoms with Crippen molar-refractivity contribution in [2.45, 2.75) is 0 Å². The minimum absolute atomic E-state index is 0.614. The Morgan fingerprint density at radius 2 is 2.07 bits per heavy atom. The number of nitrogens with zero attached hydrogens (tertiary/aromatic N) is 1. The van der Waals surface area contributed by atoms with E-state index in [-0.39, 0.29) is 0 Å². The lowest BCUT2D eigenvalue weighted by atomic mass is 10.1. The summed E-state index contributed by atoms with van der Waals surface area (Å²) < 4.78 is 0. The molecule has 1 aromatic carbocycles. The van der Waals surface area contributed by atoms with Gasteiger partial charge in [0.05, 0.1) is 0 Å². The molecular weight excluding hydrogens is 176 g/mol. The van der Waals surface area contributed by atoms with Crippen LogP contribution in [0.3, 0.4) is 0 Å². The van der Waals surface area contributed by atoms with Crippen molar-refractivity contribution in [3.63, 3.8) is 0 Å². The second-order valence-electron chi connectivity index (χ2n) is 3.25. The van der Waals surface area contributed by atoms with Crippen molar-refractivity contribution in [3.05, 3.63) is 35.5 Å². The van der Waals surface area contributed by atoms with Crippen molar-refractivity contribution in [2.75, 3.05) is 19.8 Å². The topological polar surface area (TPSA) is 46.3 Å². The van der Waals surface area contributed by atoms with E-state index in [2.05, 4.69) is 0 Å². The summed E-state index contributed by atoms with van der Waals surface area (Å²) in [4.78, 5) is 12.6. The van der Waals surface area contributed by atoms with Gasteiger partial charge in [-0.3, -0.25) is 4.79 Å². The van der Waals surface area contributed by atoms with E-state index in [9.17, 15) is 4.79 Å². The van der Waals surface area contributed by atoms with E-state index in [1.807, 2.05) is 31.3 Å². The summed E-state index contributed by atoms with van der Waals surface area (Å²) >= 11 is 0. The molecule has 0 aliphatic heterocycles. The van der Waals surface area contributed by atoms with Crippen molar-refractivity contribution in [1.29, 1.82) is 0 Å². The Kier molecular flexibility index (Phi) is 3.29. The Bertz CT molecular complexity index is 356. The largest absolute Gasteiger partial charge is 0.398 e. The van der Waals surface area contributed by atoms with Gasteiger partial charge in [0.25, 0.3) is 0 Å². The molecule has 0 aromatic heterocycles. The van der Waals surface area contributed by atoms with E-state index < -0.39 is 0 Å². The molecule has 0 saturated carbocycles. The highest BCUT2D eigenvalue weighted by Gasteiger charge is 2.01. The van der Waals surface area contributed by atoms with Crippen LogP contribution in [0.2, 0.25) is 0 Å². The second-order valence-corrected chi connectivity index (χ2v) is 3.25. The van der Waals surface area contributed by atoms with Crippen molar-refractivity contribution < 1.29 is 4.79 Å². The predicted octanol–water partition coefficient (Wildman–Crippen LogP) is 1.61. The zero-order chi connectivity index (χ0) is 10.6. The number of benzene rings is 1. The lowest BCUT2D eigenvalue weighted by Crippen LogP contribution is -2.01. The smallest absolute Gasteiger partial charge is 0.150 e. The molecule has 0 radical (unpaired) electrons. The number of carbonyl (C=O) groups is 1. The Morgan fingerprint density at radius 1 is 1.36 bits per heavy atom. The predicted molar refractivity (Wildman–Crippen MR) is 59.0 cm³/mol. The van der Waals surface area contributed by atoms with Crippen LogP contribution in [0.15, 0.2) is 24.4 Å². The first kappa shape index (κ1) is 10.3. The molecule has 3 heteroatoms. The molecule has 0 saturated heterocycles. The standard InChI is InChI=1S/C11H14N2O/c1-13(2)7-6-10-9(8-14)4-3-5-11(10)12/h3-8H,12H2,1-2H3/b7-6+. The summed E-state index contributed by atoms with van der Waals surface area (Å²) in [6.07, 6.45) is 4.50. The second kappa shape index (κ2) is 4.46. The molecule has 0 aliphatic carbocycles. The summed E-state index contributed by atoms with van der Waals surface area (Å²) in [6.45, 7) is 0. The van der Waals surface area contributed by atoms with Crippen molar-refractivity contribution in [1.82, 2.24) is 4.90 Å². The molecular formula is C11H14N2O. The third-order valence-electron chi connectivity index (χ3n) is 1.84. The lowest BCUT2D eigenvalue weighted by molar-refractivity contribution is 0.112. The van der Waals surface area contributed by atoms with E-state index in [1.54, 1.807) is 18.2 Å². The van der Waals surface area contributed by atoms with Gasteiger partial charge in [-0.2, -0.15) is 0 Å². The highest BCUT2D eigenvalue weighted by molar-refractivity contribution is 5.86. The van der Waals surface area contributed by atoms with Gasteiger partial charge >= 0.3 is 0 Å². The van der Waals surface area contributed by atoms with Crippen LogP contribution in [0.25, 0.3) is 6.08 Å². The number of carbonyl (C=O) groups excluding carboxylic acids is 1. The highest BCUT2D eigenvalue weighted by Crippen LogP contribution is 2.17. The fourth-order valence-corrected chi connectivity index (χ4v) is 1.12. The van der Waals surface area contributed by atoms with Gasteiger partial charge in [0.1, 0.15) is 0 Å². The number of hydrogen-bond acceptors (Lipinski definition) is 3. The van der Waals surface area contributed by atoms with Crippen LogP contribution in [0.5, 0.6) is 0 Å². The molecule has 1 rings (SSSR count). The Morgan fingerprint density at radius 3 is 2.64 bits per heavy atom. The summed E-state index contributed by atoms with van der Waals surface area (Å²) in [7, 11) is 3.83. The first-order valence-electron chi connectivity index (χ1n) is 4.33. The Hall–Kier alpha value is -1.77. The zero-order valence-corrected chi connectivity index (χ0v) is 8.40. The van der Waals surface area contributed by atoms with E-state index in [0.29, 0.717) is 11.3 Å². The maximum absolute atomic E-state index is 10.7. The average Bonchev–Trinajstić information content (AvgIpc) is 2.15. The number of nitrogen functional groups attached to an aromatic ring is 1. The molecule has 0 fully saturated rings. The Labute approximate surface area is 83.8 Å². The van der Waals surface area contributed by atoms with Crippen LogP contribution < -0.4 is 5.73 Å². The lowest BCUT2D eigenvalue weighted by Gasteiger charge is -2.06. The third-order valence-corrected chi connectivity index (χ3v) is 1.84. The first-order chi connectivity index (χ1) is 6.65. The fourth-order valence-electron chi connectivity index (χ4n) is 1.12. The summed E-state index contributed by atoms with van der Waals surface area (Å²) in [5.41, 5.74) is 7.76. The Balaban J connectivity index is 3.11. The van der Waals surface area contributed by atoms with Crippen LogP contribution in [0.1, 0.15) is 15.9 Å². The molecule has 3 nitrogen and oxygen atoms in total. The first-order valence-corrected chi connectivity index (χ1v) is 4.33. The monoisotopic (exact) mass is 190 g/mol.